The third-order valence-corrected chi connectivity index (χ3v) is 4.94. The quantitative estimate of drug-likeness (QED) is 0.782. The lowest BCUT2D eigenvalue weighted by molar-refractivity contribution is 0.0508. The molecule has 1 aliphatic heterocycles. The summed E-state index contributed by atoms with van der Waals surface area (Å²) in [5, 5.41) is 14.4. The predicted molar refractivity (Wildman–Crippen MR) is 94.8 cm³/mol. The maximum Gasteiger partial charge on any atom is 0.407 e. The lowest BCUT2D eigenvalue weighted by Gasteiger charge is -2.44. The van der Waals surface area contributed by atoms with E-state index in [2.05, 4.69) is 46.8 Å². The van der Waals surface area contributed by atoms with E-state index in [1.165, 1.54) is 0 Å². The maximum atomic E-state index is 11.9. The molecule has 6 nitrogen and oxygen atoms in total. The van der Waals surface area contributed by atoms with Gasteiger partial charge in [-0.2, -0.15) is 5.10 Å². The number of hydrogen-bond donors (Lipinski definition) is 1. The van der Waals surface area contributed by atoms with E-state index in [9.17, 15) is 9.90 Å². The summed E-state index contributed by atoms with van der Waals surface area (Å²) in [5.41, 5.74) is 2.58. The smallest absolute Gasteiger partial charge is 0.407 e. The van der Waals surface area contributed by atoms with Crippen molar-refractivity contribution in [2.24, 2.45) is 5.41 Å². The predicted octanol–water partition coefficient (Wildman–Crippen LogP) is 4.35. The van der Waals surface area contributed by atoms with E-state index in [1.807, 2.05) is 23.7 Å². The molecule has 7 heteroatoms. The van der Waals surface area contributed by atoms with Crippen LogP contribution in [0.5, 0.6) is 0 Å². The summed E-state index contributed by atoms with van der Waals surface area (Å²) in [6, 6.07) is 3.54. The highest BCUT2D eigenvalue weighted by atomic mass is 79.9. The molecule has 0 aliphatic carbocycles. The normalized spacial score (nSPS) is 20.8. The standard InChI is InChI=1S/C17H21BrN4O2/c1-10-9-21(16(23)24)14(17(2,3)4)13-12(15(18)20-22(10)13)11-5-7-19-8-6-11/h5-8,10,14H,9H2,1-4H3,(H,23,24). The molecule has 0 aromatic carbocycles. The first kappa shape index (κ1) is 17.0. The molecule has 1 N–H and O–H groups in total. The van der Waals surface area contributed by atoms with Crippen molar-refractivity contribution in [1.82, 2.24) is 19.7 Å². The van der Waals surface area contributed by atoms with Gasteiger partial charge in [0.15, 0.2) is 0 Å². The van der Waals surface area contributed by atoms with Crippen LogP contribution in [0.25, 0.3) is 11.1 Å². The van der Waals surface area contributed by atoms with Crippen LogP contribution in [-0.2, 0) is 0 Å². The number of carbonyl (C=O) groups is 1. The molecule has 1 aliphatic rings. The molecule has 0 fully saturated rings. The topological polar surface area (TPSA) is 71.2 Å². The van der Waals surface area contributed by atoms with Crippen molar-refractivity contribution < 1.29 is 9.90 Å². The molecule has 0 spiro atoms. The van der Waals surface area contributed by atoms with Gasteiger partial charge in [0, 0.05) is 24.5 Å². The molecule has 2 atom stereocenters. The van der Waals surface area contributed by atoms with Crippen molar-refractivity contribution in [3.05, 3.63) is 34.8 Å². The lowest BCUT2D eigenvalue weighted by atomic mass is 9.80. The largest absolute Gasteiger partial charge is 0.465 e. The minimum atomic E-state index is -0.897. The van der Waals surface area contributed by atoms with Crippen LogP contribution in [0.15, 0.2) is 29.1 Å². The van der Waals surface area contributed by atoms with E-state index in [1.54, 1.807) is 17.3 Å². The lowest BCUT2D eigenvalue weighted by Crippen LogP contribution is -2.48. The summed E-state index contributed by atoms with van der Waals surface area (Å²) in [4.78, 5) is 17.5. The zero-order valence-electron chi connectivity index (χ0n) is 14.2. The Kier molecular flexibility index (Phi) is 4.15. The number of fused-ring (bicyclic) bond motifs is 1. The second-order valence-electron chi connectivity index (χ2n) is 7.28. The van der Waals surface area contributed by atoms with Crippen molar-refractivity contribution in [3.63, 3.8) is 0 Å². The van der Waals surface area contributed by atoms with Gasteiger partial charge in [-0.1, -0.05) is 20.8 Å². The number of rotatable bonds is 1. The molecule has 3 rings (SSSR count). The van der Waals surface area contributed by atoms with Crippen LogP contribution in [0.3, 0.4) is 0 Å². The fourth-order valence-corrected chi connectivity index (χ4v) is 4.09. The third kappa shape index (κ3) is 2.70. The van der Waals surface area contributed by atoms with Crippen molar-refractivity contribution in [1.29, 1.82) is 0 Å². The Balaban J connectivity index is 2.29. The third-order valence-electron chi connectivity index (χ3n) is 4.39. The van der Waals surface area contributed by atoms with Crippen LogP contribution < -0.4 is 0 Å². The van der Waals surface area contributed by atoms with Crippen molar-refractivity contribution in [3.8, 4) is 11.1 Å². The molecule has 24 heavy (non-hydrogen) atoms. The van der Waals surface area contributed by atoms with Crippen LogP contribution >= 0.6 is 15.9 Å². The summed E-state index contributed by atoms with van der Waals surface area (Å²) in [5.74, 6) is 0. The number of pyridine rings is 1. The van der Waals surface area contributed by atoms with Crippen LogP contribution in [0.2, 0.25) is 0 Å². The van der Waals surface area contributed by atoms with Gasteiger partial charge in [0.1, 0.15) is 4.60 Å². The minimum absolute atomic E-state index is 0.0263. The Morgan fingerprint density at radius 1 is 1.33 bits per heavy atom. The molecular formula is C17H21BrN4O2. The van der Waals surface area contributed by atoms with Gasteiger partial charge in [0.05, 0.1) is 17.8 Å². The highest BCUT2D eigenvalue weighted by Gasteiger charge is 2.44. The Labute approximate surface area is 149 Å². The van der Waals surface area contributed by atoms with Crippen LogP contribution in [-0.4, -0.2) is 37.4 Å². The molecule has 1 amide bonds. The van der Waals surface area contributed by atoms with E-state index in [0.717, 1.165) is 21.4 Å². The first-order valence-corrected chi connectivity index (χ1v) is 8.69. The monoisotopic (exact) mass is 392 g/mol. The number of amides is 1. The van der Waals surface area contributed by atoms with Crippen LogP contribution in [0, 0.1) is 5.41 Å². The molecule has 0 saturated heterocycles. The molecule has 2 unspecified atom stereocenters. The van der Waals surface area contributed by atoms with Crippen molar-refractivity contribution >= 4 is 22.0 Å². The molecule has 0 saturated carbocycles. The second kappa shape index (κ2) is 5.88. The Hall–Kier alpha value is -1.89. The average Bonchev–Trinajstić information content (AvgIpc) is 2.84. The zero-order valence-corrected chi connectivity index (χ0v) is 15.8. The van der Waals surface area contributed by atoms with E-state index >= 15 is 0 Å². The van der Waals surface area contributed by atoms with Gasteiger partial charge in [-0.3, -0.25) is 14.6 Å². The van der Waals surface area contributed by atoms with E-state index in [-0.39, 0.29) is 17.5 Å². The molecule has 0 bridgehead atoms. The second-order valence-corrected chi connectivity index (χ2v) is 8.04. The number of hydrogen-bond acceptors (Lipinski definition) is 3. The number of nitrogens with zero attached hydrogens (tertiary/aromatic N) is 4. The Morgan fingerprint density at radius 2 is 1.96 bits per heavy atom. The maximum absolute atomic E-state index is 11.9. The van der Waals surface area contributed by atoms with Crippen molar-refractivity contribution in [2.75, 3.05) is 6.54 Å². The number of carboxylic acid groups (broad SMARTS) is 1. The van der Waals surface area contributed by atoms with Gasteiger partial charge in [-0.15, -0.1) is 0 Å². The van der Waals surface area contributed by atoms with Gasteiger partial charge < -0.3 is 5.11 Å². The van der Waals surface area contributed by atoms with Gasteiger partial charge in [0.2, 0.25) is 0 Å². The Morgan fingerprint density at radius 3 is 2.50 bits per heavy atom. The van der Waals surface area contributed by atoms with Gasteiger partial charge in [0.25, 0.3) is 0 Å². The zero-order chi connectivity index (χ0) is 17.6. The van der Waals surface area contributed by atoms with Gasteiger partial charge in [-0.05, 0) is 46.0 Å². The summed E-state index contributed by atoms with van der Waals surface area (Å²) >= 11 is 3.57. The SMILES string of the molecule is CC1CN(C(=O)O)C(C(C)(C)C)c2c(-c3ccncc3)c(Br)nn21. The van der Waals surface area contributed by atoms with Gasteiger partial charge in [-0.25, -0.2) is 4.79 Å². The molecule has 3 heterocycles. The van der Waals surface area contributed by atoms with Crippen LogP contribution in [0.1, 0.15) is 45.5 Å². The van der Waals surface area contributed by atoms with Crippen molar-refractivity contribution in [2.45, 2.75) is 39.8 Å². The summed E-state index contributed by atoms with van der Waals surface area (Å²) in [6.07, 6.45) is 2.57. The molecule has 128 valence electrons. The summed E-state index contributed by atoms with van der Waals surface area (Å²) < 4.78 is 2.70. The fraction of sp³-hybridized carbons (Fsp3) is 0.471. The van der Waals surface area contributed by atoms with Gasteiger partial charge >= 0.3 is 6.09 Å². The summed E-state index contributed by atoms with van der Waals surface area (Å²) in [7, 11) is 0. The molecular weight excluding hydrogens is 372 g/mol. The average molecular weight is 393 g/mol. The van der Waals surface area contributed by atoms with Crippen LogP contribution in [0.4, 0.5) is 4.79 Å². The summed E-state index contributed by atoms with van der Waals surface area (Å²) in [6.45, 7) is 8.60. The van der Waals surface area contributed by atoms with E-state index < -0.39 is 6.09 Å². The molecule has 0 radical (unpaired) electrons. The molecule has 2 aromatic heterocycles. The van der Waals surface area contributed by atoms with E-state index in [4.69, 9.17) is 0 Å². The first-order chi connectivity index (χ1) is 11.2. The Bertz CT molecular complexity index is 767. The molecule has 2 aromatic rings. The number of aromatic nitrogens is 3. The highest BCUT2D eigenvalue weighted by molar-refractivity contribution is 9.10. The fourth-order valence-electron chi connectivity index (χ4n) is 3.48. The minimum Gasteiger partial charge on any atom is -0.465 e. The van der Waals surface area contributed by atoms with E-state index in [0.29, 0.717) is 6.54 Å². The first-order valence-electron chi connectivity index (χ1n) is 7.89. The number of halogens is 1. The highest BCUT2D eigenvalue weighted by Crippen LogP contribution is 2.48.